The Morgan fingerprint density at radius 3 is 2.62 bits per heavy atom. The summed E-state index contributed by atoms with van der Waals surface area (Å²) in [5.41, 5.74) is 1.52. The number of aromatic nitrogens is 4. The lowest BCUT2D eigenvalue weighted by atomic mass is 10.2. The fourth-order valence-electron chi connectivity index (χ4n) is 2.15. The second-order valence-electron chi connectivity index (χ2n) is 4.92. The lowest BCUT2D eigenvalue weighted by Crippen LogP contribution is -2.07. The Hall–Kier alpha value is -2.64. The van der Waals surface area contributed by atoms with Crippen LogP contribution < -0.4 is 9.47 Å². The summed E-state index contributed by atoms with van der Waals surface area (Å²) in [4.78, 5) is 0. The number of aliphatic hydroxyl groups excluding tert-OH is 1. The number of nitrogens with zero attached hydrogens (tertiary/aromatic N) is 4. The SMILES string of the molecule is COc1cc(CO)ccc1OCc1nnnn1-c1ccc(Cl)cc1. The molecule has 2 aromatic carbocycles. The Balaban J connectivity index is 1.79. The molecule has 0 fully saturated rings. The Morgan fingerprint density at radius 2 is 1.92 bits per heavy atom. The van der Waals surface area contributed by atoms with E-state index >= 15 is 0 Å². The van der Waals surface area contributed by atoms with Gasteiger partial charge in [-0.15, -0.1) is 5.10 Å². The molecule has 0 unspecified atom stereocenters. The van der Waals surface area contributed by atoms with Crippen molar-refractivity contribution in [2.75, 3.05) is 7.11 Å². The van der Waals surface area contributed by atoms with Crippen molar-refractivity contribution in [3.63, 3.8) is 0 Å². The Morgan fingerprint density at radius 1 is 1.12 bits per heavy atom. The highest BCUT2D eigenvalue weighted by atomic mass is 35.5. The number of aliphatic hydroxyl groups is 1. The number of ether oxygens (including phenoxy) is 2. The van der Waals surface area contributed by atoms with Crippen LogP contribution in [0.3, 0.4) is 0 Å². The van der Waals surface area contributed by atoms with E-state index in [1.54, 1.807) is 42.1 Å². The summed E-state index contributed by atoms with van der Waals surface area (Å²) in [5, 5.41) is 21.4. The molecule has 0 amide bonds. The lowest BCUT2D eigenvalue weighted by Gasteiger charge is -2.11. The van der Waals surface area contributed by atoms with Crippen LogP contribution in [0.4, 0.5) is 0 Å². The highest BCUT2D eigenvalue weighted by Gasteiger charge is 2.11. The van der Waals surface area contributed by atoms with Crippen LogP contribution in [-0.4, -0.2) is 32.4 Å². The molecule has 7 nitrogen and oxygen atoms in total. The zero-order chi connectivity index (χ0) is 16.9. The van der Waals surface area contributed by atoms with E-state index < -0.39 is 0 Å². The first-order valence-electron chi connectivity index (χ1n) is 7.15. The standard InChI is InChI=1S/C16H15ClN4O3/c1-23-15-8-11(9-22)2-7-14(15)24-10-16-18-19-20-21(16)13-5-3-12(17)4-6-13/h2-8,22H,9-10H2,1H3. The summed E-state index contributed by atoms with van der Waals surface area (Å²) in [6.45, 7) is 0.0932. The number of rotatable bonds is 6. The van der Waals surface area contributed by atoms with Gasteiger partial charge in [0.05, 0.1) is 19.4 Å². The molecular formula is C16H15ClN4O3. The molecule has 0 bridgehead atoms. The molecule has 0 saturated carbocycles. The molecule has 8 heteroatoms. The summed E-state index contributed by atoms with van der Waals surface area (Å²) in [5.74, 6) is 1.61. The maximum atomic E-state index is 9.17. The molecule has 1 N–H and O–H groups in total. The van der Waals surface area contributed by atoms with Gasteiger partial charge in [0.1, 0.15) is 0 Å². The van der Waals surface area contributed by atoms with Gasteiger partial charge in [-0.25, -0.2) is 0 Å². The highest BCUT2D eigenvalue weighted by molar-refractivity contribution is 6.30. The Labute approximate surface area is 143 Å². The van der Waals surface area contributed by atoms with Crippen molar-refractivity contribution >= 4 is 11.6 Å². The molecule has 3 aromatic rings. The quantitative estimate of drug-likeness (QED) is 0.738. The van der Waals surface area contributed by atoms with Crippen LogP contribution in [0.25, 0.3) is 5.69 Å². The average molecular weight is 347 g/mol. The predicted molar refractivity (Wildman–Crippen MR) is 87.4 cm³/mol. The van der Waals surface area contributed by atoms with Crippen molar-refractivity contribution in [2.45, 2.75) is 13.2 Å². The predicted octanol–water partition coefficient (Wildman–Crippen LogP) is 2.40. The van der Waals surface area contributed by atoms with Gasteiger partial charge < -0.3 is 14.6 Å². The smallest absolute Gasteiger partial charge is 0.194 e. The van der Waals surface area contributed by atoms with Crippen LogP contribution >= 0.6 is 11.6 Å². The summed E-state index contributed by atoms with van der Waals surface area (Å²) in [6.07, 6.45) is 0. The van der Waals surface area contributed by atoms with E-state index in [1.165, 1.54) is 0 Å². The molecule has 3 rings (SSSR count). The van der Waals surface area contributed by atoms with Crippen molar-refractivity contribution in [3.05, 3.63) is 58.9 Å². The zero-order valence-electron chi connectivity index (χ0n) is 12.9. The van der Waals surface area contributed by atoms with Crippen molar-refractivity contribution in [2.24, 2.45) is 0 Å². The summed E-state index contributed by atoms with van der Waals surface area (Å²) < 4.78 is 12.6. The maximum Gasteiger partial charge on any atom is 0.194 e. The van der Waals surface area contributed by atoms with Crippen LogP contribution in [0.5, 0.6) is 11.5 Å². The highest BCUT2D eigenvalue weighted by Crippen LogP contribution is 2.28. The van der Waals surface area contributed by atoms with Gasteiger partial charge in [-0.3, -0.25) is 0 Å². The first-order chi connectivity index (χ1) is 11.7. The van der Waals surface area contributed by atoms with Gasteiger partial charge in [0.15, 0.2) is 23.9 Å². The zero-order valence-corrected chi connectivity index (χ0v) is 13.6. The van der Waals surface area contributed by atoms with E-state index in [2.05, 4.69) is 15.5 Å². The number of halogens is 1. The van der Waals surface area contributed by atoms with Crippen molar-refractivity contribution in [1.29, 1.82) is 0 Å². The Bertz CT molecular complexity index is 820. The molecular weight excluding hydrogens is 332 g/mol. The lowest BCUT2D eigenvalue weighted by molar-refractivity contribution is 0.268. The molecule has 0 aliphatic rings. The van der Waals surface area contributed by atoms with E-state index in [1.807, 2.05) is 12.1 Å². The van der Waals surface area contributed by atoms with Crippen LogP contribution in [0.15, 0.2) is 42.5 Å². The normalized spacial score (nSPS) is 10.6. The van der Waals surface area contributed by atoms with Gasteiger partial charge in [0.25, 0.3) is 0 Å². The van der Waals surface area contributed by atoms with Crippen LogP contribution in [0, 0.1) is 0 Å². The fraction of sp³-hybridized carbons (Fsp3) is 0.188. The van der Waals surface area contributed by atoms with Gasteiger partial charge in [0.2, 0.25) is 0 Å². The summed E-state index contributed by atoms with van der Waals surface area (Å²) in [7, 11) is 1.54. The fourth-order valence-corrected chi connectivity index (χ4v) is 2.28. The number of hydrogen-bond acceptors (Lipinski definition) is 6. The van der Waals surface area contributed by atoms with Crippen molar-refractivity contribution in [1.82, 2.24) is 20.2 Å². The molecule has 0 saturated heterocycles. The van der Waals surface area contributed by atoms with Gasteiger partial charge >= 0.3 is 0 Å². The van der Waals surface area contributed by atoms with Crippen molar-refractivity contribution < 1.29 is 14.6 Å². The van der Waals surface area contributed by atoms with Gasteiger partial charge in [-0.05, 0) is 52.4 Å². The molecule has 1 aromatic heterocycles. The van der Waals surface area contributed by atoms with Gasteiger partial charge in [0, 0.05) is 5.02 Å². The third kappa shape index (κ3) is 3.47. The molecule has 24 heavy (non-hydrogen) atoms. The van der Waals surface area contributed by atoms with Gasteiger partial charge in [-0.2, -0.15) is 4.68 Å². The Kier molecular flexibility index (Phi) is 4.93. The number of benzene rings is 2. The molecule has 0 aliphatic carbocycles. The molecule has 0 aliphatic heterocycles. The topological polar surface area (TPSA) is 82.3 Å². The number of hydrogen-bond donors (Lipinski definition) is 1. The maximum absolute atomic E-state index is 9.17. The van der Waals surface area contributed by atoms with E-state index in [-0.39, 0.29) is 13.2 Å². The van der Waals surface area contributed by atoms with E-state index in [0.717, 1.165) is 11.3 Å². The first kappa shape index (κ1) is 16.2. The van der Waals surface area contributed by atoms with Crippen molar-refractivity contribution in [3.8, 4) is 17.2 Å². The molecule has 0 radical (unpaired) electrons. The summed E-state index contributed by atoms with van der Waals surface area (Å²) in [6, 6.07) is 12.4. The number of tetrazole rings is 1. The van der Waals surface area contributed by atoms with Crippen LogP contribution in [-0.2, 0) is 13.2 Å². The van der Waals surface area contributed by atoms with Crippen LogP contribution in [0.1, 0.15) is 11.4 Å². The van der Waals surface area contributed by atoms with E-state index in [9.17, 15) is 5.11 Å². The number of methoxy groups -OCH3 is 1. The third-order valence-corrected chi connectivity index (χ3v) is 3.62. The minimum Gasteiger partial charge on any atom is -0.493 e. The van der Waals surface area contributed by atoms with Crippen LogP contribution in [0.2, 0.25) is 5.02 Å². The molecule has 0 atom stereocenters. The monoisotopic (exact) mass is 346 g/mol. The third-order valence-electron chi connectivity index (χ3n) is 3.37. The molecule has 1 heterocycles. The minimum absolute atomic E-state index is 0.0640. The van der Waals surface area contributed by atoms with E-state index in [0.29, 0.717) is 22.3 Å². The second-order valence-corrected chi connectivity index (χ2v) is 5.35. The summed E-state index contributed by atoms with van der Waals surface area (Å²) >= 11 is 5.89. The largest absolute Gasteiger partial charge is 0.493 e. The van der Waals surface area contributed by atoms with Gasteiger partial charge in [-0.1, -0.05) is 17.7 Å². The average Bonchev–Trinajstić information content (AvgIpc) is 3.09. The molecule has 0 spiro atoms. The van der Waals surface area contributed by atoms with E-state index in [4.69, 9.17) is 21.1 Å². The second kappa shape index (κ2) is 7.29. The molecule has 124 valence electrons. The minimum atomic E-state index is -0.0640. The first-order valence-corrected chi connectivity index (χ1v) is 7.53.